The lowest BCUT2D eigenvalue weighted by atomic mass is 9.89. The van der Waals surface area contributed by atoms with Gasteiger partial charge in [-0.2, -0.15) is 0 Å². The average molecular weight is 395 g/mol. The minimum Gasteiger partial charge on any atom is -0.508 e. The van der Waals surface area contributed by atoms with Gasteiger partial charge in [0.05, 0.1) is 6.61 Å². The number of aromatic hydroxyl groups is 1. The summed E-state index contributed by atoms with van der Waals surface area (Å²) in [5, 5.41) is 9.42. The van der Waals surface area contributed by atoms with E-state index in [1.807, 2.05) is 24.0 Å². The van der Waals surface area contributed by atoms with E-state index in [-0.39, 0.29) is 30.3 Å². The van der Waals surface area contributed by atoms with E-state index in [1.54, 1.807) is 36.4 Å². The Kier molecular flexibility index (Phi) is 7.28. The van der Waals surface area contributed by atoms with Crippen LogP contribution in [0.4, 0.5) is 0 Å². The van der Waals surface area contributed by atoms with E-state index >= 15 is 0 Å². The summed E-state index contributed by atoms with van der Waals surface area (Å²) >= 11 is 0. The van der Waals surface area contributed by atoms with Crippen LogP contribution in [0.3, 0.4) is 0 Å². The van der Waals surface area contributed by atoms with E-state index in [2.05, 4.69) is 0 Å². The van der Waals surface area contributed by atoms with Crippen molar-refractivity contribution in [2.24, 2.45) is 0 Å². The predicted molar refractivity (Wildman–Crippen MR) is 112 cm³/mol. The largest absolute Gasteiger partial charge is 0.508 e. The van der Waals surface area contributed by atoms with Crippen molar-refractivity contribution in [2.75, 3.05) is 19.7 Å². The second kappa shape index (κ2) is 10.1. The van der Waals surface area contributed by atoms with Gasteiger partial charge in [0.1, 0.15) is 11.5 Å². The van der Waals surface area contributed by atoms with Crippen LogP contribution in [0, 0.1) is 0 Å². The Balaban J connectivity index is 1.43. The van der Waals surface area contributed by atoms with Gasteiger partial charge in [-0.1, -0.05) is 19.1 Å². The maximum atomic E-state index is 12.5. The zero-order chi connectivity index (χ0) is 20.6. The Labute approximate surface area is 172 Å². The van der Waals surface area contributed by atoms with E-state index in [1.165, 1.54) is 5.56 Å². The molecule has 2 aromatic carbocycles. The van der Waals surface area contributed by atoms with Crippen LogP contribution in [-0.2, 0) is 4.79 Å². The Morgan fingerprint density at radius 1 is 1.00 bits per heavy atom. The average Bonchev–Trinajstić information content (AvgIpc) is 2.77. The van der Waals surface area contributed by atoms with Crippen molar-refractivity contribution < 1.29 is 19.4 Å². The number of Topliss-reactive ketones (excluding diaryl/α,β-unsaturated/α-hetero) is 1. The summed E-state index contributed by atoms with van der Waals surface area (Å²) in [5.74, 6) is 1.48. The minimum atomic E-state index is -0.0145. The molecule has 1 saturated heterocycles. The standard InChI is InChI=1S/C24H29NO4/c1-2-17-29-22-9-5-20(6-10-22)23(27)11-12-24(28)25-15-13-19(14-16-25)18-3-7-21(26)8-4-18/h3-10,19,26H,2,11-17H2,1H3. The van der Waals surface area contributed by atoms with Gasteiger partial charge in [0.15, 0.2) is 5.78 Å². The number of phenolic OH excluding ortho intramolecular Hbond substituents is 1. The number of phenols is 1. The molecule has 5 heteroatoms. The Morgan fingerprint density at radius 3 is 2.28 bits per heavy atom. The van der Waals surface area contributed by atoms with Crippen LogP contribution in [0.25, 0.3) is 0 Å². The van der Waals surface area contributed by atoms with Crippen molar-refractivity contribution in [3.63, 3.8) is 0 Å². The number of carbonyl (C=O) groups excluding carboxylic acids is 2. The summed E-state index contributed by atoms with van der Waals surface area (Å²) in [6.07, 6.45) is 3.23. The van der Waals surface area contributed by atoms with Crippen molar-refractivity contribution >= 4 is 11.7 Å². The van der Waals surface area contributed by atoms with Crippen molar-refractivity contribution in [2.45, 2.75) is 44.9 Å². The maximum absolute atomic E-state index is 12.5. The fourth-order valence-electron chi connectivity index (χ4n) is 3.69. The molecule has 154 valence electrons. The number of carbonyl (C=O) groups is 2. The molecule has 1 fully saturated rings. The molecule has 0 aromatic heterocycles. The zero-order valence-electron chi connectivity index (χ0n) is 17.0. The van der Waals surface area contributed by atoms with Crippen LogP contribution >= 0.6 is 0 Å². The van der Waals surface area contributed by atoms with Crippen LogP contribution in [0.5, 0.6) is 11.5 Å². The van der Waals surface area contributed by atoms with E-state index < -0.39 is 0 Å². The molecule has 0 unspecified atom stereocenters. The molecule has 0 radical (unpaired) electrons. The first-order valence-electron chi connectivity index (χ1n) is 10.4. The van der Waals surface area contributed by atoms with Crippen LogP contribution in [0.1, 0.15) is 60.9 Å². The highest BCUT2D eigenvalue weighted by Gasteiger charge is 2.24. The number of piperidine rings is 1. The molecule has 0 bridgehead atoms. The molecule has 0 aliphatic carbocycles. The number of likely N-dealkylation sites (tertiary alicyclic amines) is 1. The number of amides is 1. The third-order valence-electron chi connectivity index (χ3n) is 5.43. The maximum Gasteiger partial charge on any atom is 0.223 e. The Bertz CT molecular complexity index is 806. The van der Waals surface area contributed by atoms with Crippen LogP contribution in [0.15, 0.2) is 48.5 Å². The second-order valence-corrected chi connectivity index (χ2v) is 7.54. The first kappa shape index (κ1) is 20.9. The van der Waals surface area contributed by atoms with Crippen LogP contribution in [0.2, 0.25) is 0 Å². The SMILES string of the molecule is CCCOc1ccc(C(=O)CCC(=O)N2CCC(c3ccc(O)cc3)CC2)cc1. The van der Waals surface area contributed by atoms with E-state index in [4.69, 9.17) is 4.74 Å². The lowest BCUT2D eigenvalue weighted by Gasteiger charge is -2.32. The molecule has 1 N–H and O–H groups in total. The van der Waals surface area contributed by atoms with Crippen LogP contribution in [-0.4, -0.2) is 41.4 Å². The van der Waals surface area contributed by atoms with Gasteiger partial charge in [0, 0.05) is 31.5 Å². The molecular weight excluding hydrogens is 366 g/mol. The highest BCUT2D eigenvalue weighted by atomic mass is 16.5. The number of ketones is 1. The molecule has 1 amide bonds. The second-order valence-electron chi connectivity index (χ2n) is 7.54. The summed E-state index contributed by atoms with van der Waals surface area (Å²) in [6, 6.07) is 14.5. The Hall–Kier alpha value is -2.82. The number of nitrogens with zero attached hydrogens (tertiary/aromatic N) is 1. The molecule has 0 spiro atoms. The predicted octanol–water partition coefficient (Wildman–Crippen LogP) is 4.55. The van der Waals surface area contributed by atoms with Gasteiger partial charge in [-0.05, 0) is 67.1 Å². The monoisotopic (exact) mass is 395 g/mol. The van der Waals surface area contributed by atoms with Gasteiger partial charge < -0.3 is 14.7 Å². The quantitative estimate of drug-likeness (QED) is 0.666. The fourth-order valence-corrected chi connectivity index (χ4v) is 3.69. The summed E-state index contributed by atoms with van der Waals surface area (Å²) in [7, 11) is 0. The molecule has 3 rings (SSSR count). The van der Waals surface area contributed by atoms with E-state index in [9.17, 15) is 14.7 Å². The van der Waals surface area contributed by atoms with Gasteiger partial charge in [-0.3, -0.25) is 9.59 Å². The third kappa shape index (κ3) is 5.83. The molecule has 0 saturated carbocycles. The molecule has 5 nitrogen and oxygen atoms in total. The zero-order valence-corrected chi connectivity index (χ0v) is 17.0. The minimum absolute atomic E-state index is 0.0145. The first-order valence-corrected chi connectivity index (χ1v) is 10.4. The number of ether oxygens (including phenoxy) is 1. The van der Waals surface area contributed by atoms with E-state index in [0.29, 0.717) is 31.2 Å². The molecule has 2 aromatic rings. The van der Waals surface area contributed by atoms with Crippen molar-refractivity contribution in [3.8, 4) is 11.5 Å². The van der Waals surface area contributed by atoms with Gasteiger partial charge in [-0.15, -0.1) is 0 Å². The number of rotatable bonds is 8. The van der Waals surface area contributed by atoms with E-state index in [0.717, 1.165) is 25.0 Å². The summed E-state index contributed by atoms with van der Waals surface area (Å²) in [5.41, 5.74) is 1.82. The summed E-state index contributed by atoms with van der Waals surface area (Å²) in [6.45, 7) is 4.13. The first-order chi connectivity index (χ1) is 14.1. The molecule has 1 aliphatic rings. The molecule has 0 atom stereocenters. The van der Waals surface area contributed by atoms with Gasteiger partial charge in [0.25, 0.3) is 0 Å². The number of hydrogen-bond acceptors (Lipinski definition) is 4. The Morgan fingerprint density at radius 2 is 1.66 bits per heavy atom. The smallest absolute Gasteiger partial charge is 0.223 e. The third-order valence-corrected chi connectivity index (χ3v) is 5.43. The van der Waals surface area contributed by atoms with Gasteiger partial charge in [0.2, 0.25) is 5.91 Å². The number of hydrogen-bond donors (Lipinski definition) is 1. The highest BCUT2D eigenvalue weighted by Crippen LogP contribution is 2.29. The molecule has 1 aliphatic heterocycles. The molecule has 1 heterocycles. The normalized spacial score (nSPS) is 14.6. The van der Waals surface area contributed by atoms with Crippen molar-refractivity contribution in [1.29, 1.82) is 0 Å². The lowest BCUT2D eigenvalue weighted by Crippen LogP contribution is -2.38. The fraction of sp³-hybridized carbons (Fsp3) is 0.417. The topological polar surface area (TPSA) is 66.8 Å². The number of benzene rings is 2. The van der Waals surface area contributed by atoms with Crippen LogP contribution < -0.4 is 4.74 Å². The van der Waals surface area contributed by atoms with Gasteiger partial charge >= 0.3 is 0 Å². The molecular formula is C24H29NO4. The lowest BCUT2D eigenvalue weighted by molar-refractivity contribution is -0.132. The van der Waals surface area contributed by atoms with Gasteiger partial charge in [-0.25, -0.2) is 0 Å². The summed E-state index contributed by atoms with van der Waals surface area (Å²) < 4.78 is 5.53. The molecule has 29 heavy (non-hydrogen) atoms. The summed E-state index contributed by atoms with van der Waals surface area (Å²) in [4.78, 5) is 26.8. The van der Waals surface area contributed by atoms with Crippen molar-refractivity contribution in [3.05, 3.63) is 59.7 Å². The highest BCUT2D eigenvalue weighted by molar-refractivity contribution is 5.98. The van der Waals surface area contributed by atoms with Crippen molar-refractivity contribution in [1.82, 2.24) is 4.90 Å².